The average molecular weight is 365 g/mol. The molecule has 124 valence electrons. The van der Waals surface area contributed by atoms with Gasteiger partial charge in [-0.15, -0.1) is 11.3 Å². The first-order chi connectivity index (χ1) is 11.5. The van der Waals surface area contributed by atoms with Gasteiger partial charge in [0.2, 0.25) is 0 Å². The van der Waals surface area contributed by atoms with E-state index >= 15 is 0 Å². The molecule has 1 atom stereocenters. The topological polar surface area (TPSA) is 55.1 Å². The van der Waals surface area contributed by atoms with Gasteiger partial charge in [0.25, 0.3) is 5.91 Å². The molecule has 4 nitrogen and oxygen atoms in total. The van der Waals surface area contributed by atoms with Crippen LogP contribution in [-0.2, 0) is 0 Å². The first kappa shape index (κ1) is 16.7. The number of thiophene rings is 1. The molecule has 0 unspecified atom stereocenters. The van der Waals surface area contributed by atoms with Gasteiger partial charge in [-0.2, -0.15) is 0 Å². The van der Waals surface area contributed by atoms with Crippen LogP contribution in [0.4, 0.5) is 4.39 Å². The molecular weight excluding hydrogens is 351 g/mol. The van der Waals surface area contributed by atoms with Gasteiger partial charge >= 0.3 is 0 Å². The van der Waals surface area contributed by atoms with Crippen LogP contribution < -0.4 is 5.32 Å². The molecule has 3 aromatic rings. The van der Waals surface area contributed by atoms with Crippen LogP contribution in [0, 0.1) is 12.7 Å². The Bertz CT molecular complexity index is 857. The molecule has 0 saturated heterocycles. The maximum Gasteiger partial charge on any atom is 0.257 e. The first-order valence-corrected chi connectivity index (χ1v) is 8.49. The first-order valence-electron chi connectivity index (χ1n) is 7.24. The lowest BCUT2D eigenvalue weighted by molar-refractivity contribution is 0.0939. The number of nitrogens with zero attached hydrogens (tertiary/aromatic N) is 1. The van der Waals surface area contributed by atoms with Crippen molar-refractivity contribution in [2.75, 3.05) is 0 Å². The molecule has 0 saturated carbocycles. The van der Waals surface area contributed by atoms with Gasteiger partial charge in [-0.1, -0.05) is 28.9 Å². The van der Waals surface area contributed by atoms with Crippen molar-refractivity contribution >= 4 is 28.8 Å². The van der Waals surface area contributed by atoms with Crippen molar-refractivity contribution in [3.63, 3.8) is 0 Å². The standard InChI is InChI=1S/C17H14ClFN2O2S/c1-9(13-7-4-8-24-13)20-17(22)14-10(2)23-21-16(14)15-11(18)5-3-6-12(15)19/h3-9H,1-2H3,(H,20,22)/t9-/m0/s1. The molecule has 0 aliphatic heterocycles. The van der Waals surface area contributed by atoms with Crippen molar-refractivity contribution in [1.82, 2.24) is 10.5 Å². The van der Waals surface area contributed by atoms with Crippen LogP contribution >= 0.6 is 22.9 Å². The molecule has 0 bridgehead atoms. The van der Waals surface area contributed by atoms with Gasteiger partial charge in [-0.25, -0.2) is 4.39 Å². The molecule has 1 aromatic carbocycles. The van der Waals surface area contributed by atoms with Crippen molar-refractivity contribution < 1.29 is 13.7 Å². The van der Waals surface area contributed by atoms with E-state index in [0.717, 1.165) is 4.88 Å². The highest BCUT2D eigenvalue weighted by Crippen LogP contribution is 2.33. The van der Waals surface area contributed by atoms with E-state index in [2.05, 4.69) is 10.5 Å². The van der Waals surface area contributed by atoms with Crippen LogP contribution in [0.25, 0.3) is 11.3 Å². The zero-order valence-electron chi connectivity index (χ0n) is 13.0. The number of amides is 1. The summed E-state index contributed by atoms with van der Waals surface area (Å²) >= 11 is 7.63. The molecule has 24 heavy (non-hydrogen) atoms. The summed E-state index contributed by atoms with van der Waals surface area (Å²) in [4.78, 5) is 13.7. The summed E-state index contributed by atoms with van der Waals surface area (Å²) in [5.74, 6) is -0.639. The van der Waals surface area contributed by atoms with Crippen molar-refractivity contribution in [2.24, 2.45) is 0 Å². The van der Waals surface area contributed by atoms with E-state index in [1.165, 1.54) is 12.1 Å². The average Bonchev–Trinajstić information content (AvgIpc) is 3.17. The third-order valence-corrected chi connectivity index (χ3v) is 4.98. The van der Waals surface area contributed by atoms with Gasteiger partial charge in [0.1, 0.15) is 22.8 Å². The van der Waals surface area contributed by atoms with Crippen LogP contribution in [0.3, 0.4) is 0 Å². The Hall–Kier alpha value is -2.18. The predicted molar refractivity (Wildman–Crippen MR) is 91.8 cm³/mol. The molecule has 3 rings (SSSR count). The van der Waals surface area contributed by atoms with Crippen molar-refractivity contribution in [3.05, 3.63) is 62.8 Å². The SMILES string of the molecule is Cc1onc(-c2c(F)cccc2Cl)c1C(=O)N[C@@H](C)c1cccs1. The number of hydrogen-bond acceptors (Lipinski definition) is 4. The molecule has 1 amide bonds. The van der Waals surface area contributed by atoms with Crippen molar-refractivity contribution in [2.45, 2.75) is 19.9 Å². The Balaban J connectivity index is 1.97. The summed E-state index contributed by atoms with van der Waals surface area (Å²) in [6, 6.07) is 7.96. The Labute approximate surface area is 147 Å². The third kappa shape index (κ3) is 3.07. The Morgan fingerprint density at radius 2 is 2.17 bits per heavy atom. The quantitative estimate of drug-likeness (QED) is 0.709. The second kappa shape index (κ2) is 6.75. The summed E-state index contributed by atoms with van der Waals surface area (Å²) in [6.07, 6.45) is 0. The van der Waals surface area contributed by atoms with Crippen LogP contribution in [0.5, 0.6) is 0 Å². The minimum Gasteiger partial charge on any atom is -0.360 e. The molecule has 0 aliphatic rings. The lowest BCUT2D eigenvalue weighted by Crippen LogP contribution is -2.26. The van der Waals surface area contributed by atoms with Gasteiger partial charge in [-0.05, 0) is 37.4 Å². The minimum absolute atomic E-state index is 0.0601. The molecule has 0 spiro atoms. The van der Waals surface area contributed by atoms with Gasteiger partial charge in [0.05, 0.1) is 16.6 Å². The Morgan fingerprint density at radius 1 is 1.38 bits per heavy atom. The second-order valence-corrected chi connectivity index (χ2v) is 6.66. The number of carbonyl (C=O) groups excluding carboxylic acids is 1. The molecule has 2 heterocycles. The number of aryl methyl sites for hydroxylation is 1. The predicted octanol–water partition coefficient (Wildman–Crippen LogP) is 5.00. The van der Waals surface area contributed by atoms with E-state index in [4.69, 9.17) is 16.1 Å². The molecular formula is C17H14ClFN2O2S. The highest BCUT2D eigenvalue weighted by atomic mass is 35.5. The Morgan fingerprint density at radius 3 is 2.83 bits per heavy atom. The fourth-order valence-corrected chi connectivity index (χ4v) is 3.40. The van der Waals surface area contributed by atoms with Crippen LogP contribution in [-0.4, -0.2) is 11.1 Å². The monoisotopic (exact) mass is 364 g/mol. The third-order valence-electron chi connectivity index (χ3n) is 3.61. The zero-order valence-corrected chi connectivity index (χ0v) is 14.5. The lowest BCUT2D eigenvalue weighted by atomic mass is 10.0. The number of halogens is 2. The summed E-state index contributed by atoms with van der Waals surface area (Å²) in [5, 5.41) is 8.83. The summed E-state index contributed by atoms with van der Waals surface area (Å²) < 4.78 is 19.3. The van der Waals surface area contributed by atoms with Crippen molar-refractivity contribution in [3.8, 4) is 11.3 Å². The smallest absolute Gasteiger partial charge is 0.257 e. The summed E-state index contributed by atoms with van der Waals surface area (Å²) in [5.41, 5.74) is 0.349. The number of aromatic nitrogens is 1. The summed E-state index contributed by atoms with van der Waals surface area (Å²) in [7, 11) is 0. The second-order valence-electron chi connectivity index (χ2n) is 5.27. The molecule has 0 aliphatic carbocycles. The molecule has 7 heteroatoms. The number of carbonyl (C=O) groups is 1. The van der Waals surface area contributed by atoms with Crippen LogP contribution in [0.15, 0.2) is 40.2 Å². The highest BCUT2D eigenvalue weighted by molar-refractivity contribution is 7.10. The number of nitrogens with one attached hydrogen (secondary N) is 1. The molecule has 0 fully saturated rings. The Kier molecular flexibility index (Phi) is 4.69. The zero-order chi connectivity index (χ0) is 17.3. The van der Waals surface area contributed by atoms with Crippen molar-refractivity contribution in [1.29, 1.82) is 0 Å². The molecule has 0 radical (unpaired) electrons. The fourth-order valence-electron chi connectivity index (χ4n) is 2.41. The van der Waals surface area contributed by atoms with E-state index in [1.807, 2.05) is 24.4 Å². The number of benzene rings is 1. The van der Waals surface area contributed by atoms with E-state index in [1.54, 1.807) is 24.3 Å². The molecule has 1 N–H and O–H groups in total. The number of rotatable bonds is 4. The lowest BCUT2D eigenvalue weighted by Gasteiger charge is -2.12. The number of hydrogen-bond donors (Lipinski definition) is 1. The summed E-state index contributed by atoms with van der Waals surface area (Å²) in [6.45, 7) is 3.48. The van der Waals surface area contributed by atoms with E-state index in [0.29, 0.717) is 5.76 Å². The minimum atomic E-state index is -0.559. The highest BCUT2D eigenvalue weighted by Gasteiger charge is 2.26. The normalized spacial score (nSPS) is 12.2. The van der Waals surface area contributed by atoms with Gasteiger partial charge < -0.3 is 9.84 Å². The van der Waals surface area contributed by atoms with Gasteiger partial charge in [0, 0.05) is 4.88 Å². The largest absolute Gasteiger partial charge is 0.360 e. The van der Waals surface area contributed by atoms with E-state index in [-0.39, 0.29) is 33.8 Å². The van der Waals surface area contributed by atoms with Crippen LogP contribution in [0.2, 0.25) is 5.02 Å². The molecule has 2 aromatic heterocycles. The maximum absolute atomic E-state index is 14.2. The van der Waals surface area contributed by atoms with E-state index < -0.39 is 5.82 Å². The van der Waals surface area contributed by atoms with E-state index in [9.17, 15) is 9.18 Å². The maximum atomic E-state index is 14.2. The van der Waals surface area contributed by atoms with Gasteiger partial charge in [-0.3, -0.25) is 4.79 Å². The van der Waals surface area contributed by atoms with Gasteiger partial charge in [0.15, 0.2) is 0 Å². The fraction of sp³-hybridized carbons (Fsp3) is 0.176. The van der Waals surface area contributed by atoms with Crippen LogP contribution in [0.1, 0.15) is 34.0 Å².